The minimum absolute atomic E-state index is 0.160. The minimum Gasteiger partial charge on any atom is -0.497 e. The Morgan fingerprint density at radius 2 is 2.35 bits per heavy atom. The van der Waals surface area contributed by atoms with E-state index in [4.69, 9.17) is 15.0 Å². The molecule has 6 heteroatoms. The highest BCUT2D eigenvalue weighted by Crippen LogP contribution is 2.24. The smallest absolute Gasteiger partial charge is 0.240 e. The summed E-state index contributed by atoms with van der Waals surface area (Å²) >= 11 is 0. The molecule has 2 N–H and O–H groups in total. The van der Waals surface area contributed by atoms with Crippen LogP contribution in [-0.4, -0.2) is 23.5 Å². The van der Waals surface area contributed by atoms with Crippen LogP contribution in [0.4, 0.5) is 0 Å². The second-order valence-corrected chi connectivity index (χ2v) is 3.29. The molecule has 2 aromatic rings. The Labute approximate surface area is 97.4 Å². The van der Waals surface area contributed by atoms with Crippen LogP contribution in [0.2, 0.25) is 0 Å². The summed E-state index contributed by atoms with van der Waals surface area (Å²) in [7, 11) is 1.54. The Bertz CT molecular complexity index is 537. The van der Waals surface area contributed by atoms with Gasteiger partial charge in [0, 0.05) is 11.1 Å². The third-order valence-corrected chi connectivity index (χ3v) is 2.27. The van der Waals surface area contributed by atoms with Gasteiger partial charge >= 0.3 is 0 Å². The van der Waals surface area contributed by atoms with Crippen LogP contribution in [-0.2, 0) is 6.54 Å². The van der Waals surface area contributed by atoms with Crippen LogP contribution >= 0.6 is 0 Å². The summed E-state index contributed by atoms with van der Waals surface area (Å²) in [6.07, 6.45) is 0.729. The molecule has 0 unspecified atom stereocenters. The molecule has 1 aromatic carbocycles. The standard InChI is InChI=1S/C11H11N3O3/c1-16-8-3-2-7(6-15)9(4-8)11-13-10(5-12)17-14-11/h2-4,6H,5,12H2,1H3. The normalized spacial score (nSPS) is 10.2. The zero-order valence-corrected chi connectivity index (χ0v) is 9.21. The van der Waals surface area contributed by atoms with Crippen molar-refractivity contribution in [2.75, 3.05) is 7.11 Å². The third-order valence-electron chi connectivity index (χ3n) is 2.27. The van der Waals surface area contributed by atoms with Crippen molar-refractivity contribution < 1.29 is 14.1 Å². The molecule has 6 nitrogen and oxygen atoms in total. The van der Waals surface area contributed by atoms with E-state index in [9.17, 15) is 4.79 Å². The molecular weight excluding hydrogens is 222 g/mol. The summed E-state index contributed by atoms with van der Waals surface area (Å²) < 4.78 is 9.98. The van der Waals surface area contributed by atoms with Crippen molar-refractivity contribution in [1.82, 2.24) is 10.1 Å². The molecule has 17 heavy (non-hydrogen) atoms. The third kappa shape index (κ3) is 2.16. The van der Waals surface area contributed by atoms with Crippen LogP contribution in [0.25, 0.3) is 11.4 Å². The van der Waals surface area contributed by atoms with Crippen molar-refractivity contribution in [3.63, 3.8) is 0 Å². The zero-order chi connectivity index (χ0) is 12.3. The number of aromatic nitrogens is 2. The molecule has 0 aliphatic rings. The molecule has 0 saturated carbocycles. The second-order valence-electron chi connectivity index (χ2n) is 3.29. The van der Waals surface area contributed by atoms with Gasteiger partial charge in [-0.1, -0.05) is 5.16 Å². The Morgan fingerprint density at radius 1 is 1.53 bits per heavy atom. The monoisotopic (exact) mass is 233 g/mol. The van der Waals surface area contributed by atoms with E-state index in [2.05, 4.69) is 10.1 Å². The van der Waals surface area contributed by atoms with Gasteiger partial charge < -0.3 is 15.0 Å². The van der Waals surface area contributed by atoms with Crippen molar-refractivity contribution in [2.24, 2.45) is 5.73 Å². The van der Waals surface area contributed by atoms with Crippen molar-refractivity contribution in [3.05, 3.63) is 29.7 Å². The van der Waals surface area contributed by atoms with Crippen molar-refractivity contribution >= 4 is 6.29 Å². The van der Waals surface area contributed by atoms with E-state index in [0.29, 0.717) is 28.6 Å². The molecule has 2 rings (SSSR count). The number of carbonyl (C=O) groups excluding carboxylic acids is 1. The van der Waals surface area contributed by atoms with Crippen LogP contribution in [0.1, 0.15) is 16.2 Å². The van der Waals surface area contributed by atoms with Crippen LogP contribution in [0, 0.1) is 0 Å². The first-order chi connectivity index (χ1) is 8.28. The lowest BCUT2D eigenvalue weighted by molar-refractivity contribution is 0.112. The lowest BCUT2D eigenvalue weighted by atomic mass is 10.1. The number of carbonyl (C=O) groups is 1. The molecule has 0 fully saturated rings. The van der Waals surface area contributed by atoms with Crippen LogP contribution in [0.5, 0.6) is 5.75 Å². The van der Waals surface area contributed by atoms with Crippen LogP contribution in [0.15, 0.2) is 22.7 Å². The number of aldehydes is 1. The second kappa shape index (κ2) is 4.75. The maximum absolute atomic E-state index is 10.9. The predicted molar refractivity (Wildman–Crippen MR) is 59.6 cm³/mol. The van der Waals surface area contributed by atoms with Gasteiger partial charge in [0.2, 0.25) is 11.7 Å². The minimum atomic E-state index is 0.160. The van der Waals surface area contributed by atoms with E-state index in [1.165, 1.54) is 0 Å². The van der Waals surface area contributed by atoms with Gasteiger partial charge in [-0.3, -0.25) is 4.79 Å². The Morgan fingerprint density at radius 3 is 2.94 bits per heavy atom. The van der Waals surface area contributed by atoms with Crippen LogP contribution in [0.3, 0.4) is 0 Å². The average molecular weight is 233 g/mol. The molecule has 0 bridgehead atoms. The number of ether oxygens (including phenoxy) is 1. The average Bonchev–Trinajstić information content (AvgIpc) is 2.86. The maximum atomic E-state index is 10.9. The van der Waals surface area contributed by atoms with E-state index in [-0.39, 0.29) is 6.54 Å². The van der Waals surface area contributed by atoms with Gasteiger partial charge in [0.05, 0.1) is 13.7 Å². The van der Waals surface area contributed by atoms with Gasteiger partial charge in [-0.2, -0.15) is 4.98 Å². The highest BCUT2D eigenvalue weighted by Gasteiger charge is 2.12. The lowest BCUT2D eigenvalue weighted by Crippen LogP contribution is -1.96. The van der Waals surface area contributed by atoms with E-state index < -0.39 is 0 Å². The molecule has 1 aromatic heterocycles. The molecule has 0 spiro atoms. The fourth-order valence-corrected chi connectivity index (χ4v) is 1.41. The first-order valence-corrected chi connectivity index (χ1v) is 4.94. The largest absolute Gasteiger partial charge is 0.497 e. The van der Waals surface area contributed by atoms with Gasteiger partial charge in [-0.15, -0.1) is 0 Å². The number of hydrogen-bond donors (Lipinski definition) is 1. The van der Waals surface area contributed by atoms with Crippen molar-refractivity contribution in [2.45, 2.75) is 6.54 Å². The zero-order valence-electron chi connectivity index (χ0n) is 9.21. The number of rotatable bonds is 4. The van der Waals surface area contributed by atoms with Gasteiger partial charge in [0.1, 0.15) is 5.75 Å². The van der Waals surface area contributed by atoms with E-state index in [1.807, 2.05) is 0 Å². The predicted octanol–water partition coefficient (Wildman–Crippen LogP) is 1.02. The molecule has 88 valence electrons. The van der Waals surface area contributed by atoms with Crippen molar-refractivity contribution in [3.8, 4) is 17.1 Å². The summed E-state index contributed by atoms with van der Waals surface area (Å²) in [4.78, 5) is 15.0. The first kappa shape index (κ1) is 11.3. The summed E-state index contributed by atoms with van der Waals surface area (Å²) in [6, 6.07) is 5.01. The summed E-state index contributed by atoms with van der Waals surface area (Å²) in [5.41, 5.74) is 6.40. The van der Waals surface area contributed by atoms with Gasteiger partial charge in [-0.05, 0) is 18.2 Å². The van der Waals surface area contributed by atoms with E-state index in [1.54, 1.807) is 25.3 Å². The quantitative estimate of drug-likeness (QED) is 0.792. The maximum Gasteiger partial charge on any atom is 0.240 e. The van der Waals surface area contributed by atoms with E-state index >= 15 is 0 Å². The summed E-state index contributed by atoms with van der Waals surface area (Å²) in [6.45, 7) is 0.160. The lowest BCUT2D eigenvalue weighted by Gasteiger charge is -2.03. The molecular formula is C11H11N3O3. The Balaban J connectivity index is 2.51. The fraction of sp³-hybridized carbons (Fsp3) is 0.182. The molecule has 0 aliphatic carbocycles. The van der Waals surface area contributed by atoms with Gasteiger partial charge in [-0.25, -0.2) is 0 Å². The Kier molecular flexibility index (Phi) is 3.15. The number of benzene rings is 1. The molecule has 1 heterocycles. The fourth-order valence-electron chi connectivity index (χ4n) is 1.41. The number of nitrogens with zero attached hydrogens (tertiary/aromatic N) is 2. The topological polar surface area (TPSA) is 91.2 Å². The van der Waals surface area contributed by atoms with Crippen LogP contribution < -0.4 is 10.5 Å². The molecule has 0 aliphatic heterocycles. The number of hydrogen-bond acceptors (Lipinski definition) is 6. The SMILES string of the molecule is COc1ccc(C=O)c(-c2noc(CN)n2)c1. The van der Waals surface area contributed by atoms with Crippen molar-refractivity contribution in [1.29, 1.82) is 0 Å². The summed E-state index contributed by atoms with van der Waals surface area (Å²) in [5.74, 6) is 1.26. The highest BCUT2D eigenvalue weighted by atomic mass is 16.5. The van der Waals surface area contributed by atoms with E-state index in [0.717, 1.165) is 6.29 Å². The summed E-state index contributed by atoms with van der Waals surface area (Å²) in [5, 5.41) is 3.76. The van der Waals surface area contributed by atoms with Gasteiger partial charge in [0.15, 0.2) is 6.29 Å². The Hall–Kier alpha value is -2.21. The molecule has 0 atom stereocenters. The molecule has 0 saturated heterocycles. The highest BCUT2D eigenvalue weighted by molar-refractivity contribution is 5.86. The molecule has 0 amide bonds. The first-order valence-electron chi connectivity index (χ1n) is 4.94. The number of methoxy groups -OCH3 is 1. The number of nitrogens with two attached hydrogens (primary N) is 1. The molecule has 0 radical (unpaired) electrons. The van der Waals surface area contributed by atoms with Gasteiger partial charge in [0.25, 0.3) is 0 Å².